The lowest BCUT2D eigenvalue weighted by atomic mass is 10.1. The van der Waals surface area contributed by atoms with E-state index in [2.05, 4.69) is 47.8 Å². The van der Waals surface area contributed by atoms with Crippen molar-refractivity contribution in [3.8, 4) is 5.75 Å². The Morgan fingerprint density at radius 2 is 1.74 bits per heavy atom. The maximum Gasteiger partial charge on any atom is 0.134 e. The van der Waals surface area contributed by atoms with Crippen LogP contribution in [0, 0.1) is 11.6 Å². The van der Waals surface area contributed by atoms with Crippen LogP contribution in [0.5, 0.6) is 5.75 Å². The Morgan fingerprint density at radius 1 is 1.16 bits per heavy atom. The summed E-state index contributed by atoms with van der Waals surface area (Å²) in [5, 5.41) is 0. The van der Waals surface area contributed by atoms with Gasteiger partial charge in [-0.15, -0.1) is 11.3 Å². The Bertz CT molecular complexity index is 592. The zero-order valence-electron chi connectivity index (χ0n) is 9.52. The van der Waals surface area contributed by atoms with Crippen molar-refractivity contribution < 1.29 is 13.5 Å². The van der Waals surface area contributed by atoms with Crippen LogP contribution in [0.2, 0.25) is 0 Å². The summed E-state index contributed by atoms with van der Waals surface area (Å²) < 4.78 is 34.5. The second-order valence-electron chi connectivity index (χ2n) is 3.65. The van der Waals surface area contributed by atoms with E-state index in [0.717, 1.165) is 13.1 Å². The minimum Gasteiger partial charge on any atom is -0.497 e. The van der Waals surface area contributed by atoms with Crippen LogP contribution in [0.15, 0.2) is 25.8 Å². The van der Waals surface area contributed by atoms with Gasteiger partial charge in [-0.05, 0) is 43.5 Å². The molecule has 0 saturated heterocycles. The van der Waals surface area contributed by atoms with Crippen LogP contribution in [0.4, 0.5) is 8.78 Å². The predicted octanol–water partition coefficient (Wildman–Crippen LogP) is 6.04. The molecule has 0 bridgehead atoms. The second-order valence-corrected chi connectivity index (χ2v) is 8.31. The summed E-state index contributed by atoms with van der Waals surface area (Å²) in [5.41, 5.74) is 0.728. The van der Waals surface area contributed by atoms with E-state index in [1.807, 2.05) is 6.07 Å². The van der Waals surface area contributed by atoms with Gasteiger partial charge in [0.25, 0.3) is 0 Å². The van der Waals surface area contributed by atoms with Gasteiger partial charge in [0, 0.05) is 17.7 Å². The van der Waals surface area contributed by atoms with Crippen molar-refractivity contribution in [3.05, 3.63) is 48.5 Å². The maximum absolute atomic E-state index is 14.0. The quantitative estimate of drug-likeness (QED) is 0.490. The Kier molecular flexibility index (Phi) is 5.03. The molecule has 7 heteroatoms. The number of hydrogen-bond donors (Lipinski definition) is 0. The molecule has 1 unspecified atom stereocenters. The molecule has 0 saturated carbocycles. The van der Waals surface area contributed by atoms with E-state index in [0.29, 0.717) is 0 Å². The van der Waals surface area contributed by atoms with Crippen molar-refractivity contribution >= 4 is 59.1 Å². The fraction of sp³-hybridized carbons (Fsp3) is 0.167. The topological polar surface area (TPSA) is 9.23 Å². The fourth-order valence-corrected chi connectivity index (χ4v) is 5.76. The summed E-state index contributed by atoms with van der Waals surface area (Å²) in [6.45, 7) is 0. The van der Waals surface area contributed by atoms with Crippen molar-refractivity contribution in [2.24, 2.45) is 0 Å². The Hall–Kier alpha value is 0.0200. The van der Waals surface area contributed by atoms with E-state index in [1.54, 1.807) is 0 Å². The third-order valence-corrected chi connectivity index (χ3v) is 5.83. The molecule has 0 aliphatic carbocycles. The third-order valence-electron chi connectivity index (χ3n) is 2.50. The first-order chi connectivity index (χ1) is 8.93. The van der Waals surface area contributed by atoms with E-state index < -0.39 is 16.5 Å². The van der Waals surface area contributed by atoms with E-state index in [1.165, 1.54) is 30.6 Å². The van der Waals surface area contributed by atoms with Crippen LogP contribution in [-0.4, -0.2) is 7.11 Å². The number of hydrogen-bond acceptors (Lipinski definition) is 2. The largest absolute Gasteiger partial charge is 0.497 e. The van der Waals surface area contributed by atoms with Gasteiger partial charge in [0.05, 0.1) is 19.5 Å². The first-order valence-electron chi connectivity index (χ1n) is 5.05. The van der Waals surface area contributed by atoms with Gasteiger partial charge < -0.3 is 4.74 Å². The van der Waals surface area contributed by atoms with Crippen molar-refractivity contribution in [1.29, 1.82) is 0 Å². The average molecular weight is 477 g/mol. The van der Waals surface area contributed by atoms with Crippen LogP contribution in [0.1, 0.15) is 16.0 Å². The molecule has 2 rings (SSSR count). The van der Waals surface area contributed by atoms with Crippen molar-refractivity contribution in [2.75, 3.05) is 7.11 Å². The molecule has 0 aliphatic heterocycles. The van der Waals surface area contributed by atoms with Gasteiger partial charge in [-0.1, -0.05) is 15.9 Å². The van der Waals surface area contributed by atoms with Crippen LogP contribution in [0.3, 0.4) is 0 Å². The van der Waals surface area contributed by atoms with Crippen LogP contribution in [-0.2, 0) is 0 Å². The molecule has 1 aromatic carbocycles. The molecule has 0 N–H and O–H groups in total. The van der Waals surface area contributed by atoms with Gasteiger partial charge in [0.15, 0.2) is 0 Å². The second kappa shape index (κ2) is 6.20. The molecule has 0 aliphatic rings. The van der Waals surface area contributed by atoms with Gasteiger partial charge >= 0.3 is 0 Å². The molecular formula is C12H7Br3F2OS. The molecule has 0 amide bonds. The van der Waals surface area contributed by atoms with E-state index in [9.17, 15) is 8.78 Å². The molecule has 0 fully saturated rings. The number of benzene rings is 1. The molecule has 2 aromatic rings. The summed E-state index contributed by atoms with van der Waals surface area (Å²) in [5.74, 6) is -1.13. The van der Waals surface area contributed by atoms with Gasteiger partial charge in [0.2, 0.25) is 0 Å². The number of rotatable bonds is 3. The maximum atomic E-state index is 14.0. The predicted molar refractivity (Wildman–Crippen MR) is 83.4 cm³/mol. The lowest BCUT2D eigenvalue weighted by molar-refractivity contribution is 0.405. The van der Waals surface area contributed by atoms with E-state index >= 15 is 0 Å². The Morgan fingerprint density at radius 3 is 2.16 bits per heavy atom. The highest BCUT2D eigenvalue weighted by Gasteiger charge is 2.24. The minimum atomic E-state index is -0.645. The lowest BCUT2D eigenvalue weighted by Crippen LogP contribution is -2.01. The first kappa shape index (κ1) is 15.4. The molecule has 19 heavy (non-hydrogen) atoms. The molecule has 1 atom stereocenters. The van der Waals surface area contributed by atoms with Crippen molar-refractivity contribution in [2.45, 2.75) is 4.83 Å². The van der Waals surface area contributed by atoms with Gasteiger partial charge in [0.1, 0.15) is 17.4 Å². The van der Waals surface area contributed by atoms with Crippen LogP contribution in [0.25, 0.3) is 0 Å². The van der Waals surface area contributed by atoms with E-state index in [4.69, 9.17) is 4.74 Å². The number of halogens is 5. The molecule has 1 nitrogen and oxygen atoms in total. The first-order valence-corrected chi connectivity index (χ1v) is 8.37. The highest BCUT2D eigenvalue weighted by atomic mass is 79.9. The minimum absolute atomic E-state index is 0.0354. The third kappa shape index (κ3) is 3.20. The molecular weight excluding hydrogens is 470 g/mol. The van der Waals surface area contributed by atoms with Gasteiger partial charge in [-0.25, -0.2) is 8.78 Å². The Balaban J connectivity index is 2.50. The number of methoxy groups -OCH3 is 1. The fourth-order valence-electron chi connectivity index (χ4n) is 1.60. The number of ether oxygens (including phenoxy) is 1. The molecule has 102 valence electrons. The summed E-state index contributed by atoms with van der Waals surface area (Å²) in [7, 11) is 1.37. The molecule has 1 aromatic heterocycles. The van der Waals surface area contributed by atoms with Crippen LogP contribution < -0.4 is 4.74 Å². The Labute approximate surface area is 138 Å². The smallest absolute Gasteiger partial charge is 0.134 e. The summed E-state index contributed by atoms with van der Waals surface area (Å²) in [6, 6.07) is 4.15. The van der Waals surface area contributed by atoms with Crippen LogP contribution >= 0.6 is 59.1 Å². The SMILES string of the molecule is COc1cc(F)c(C(Br)c2cc(Br)sc2Br)c(F)c1. The average Bonchev–Trinajstić information content (AvgIpc) is 2.67. The molecule has 1 heterocycles. The summed E-state index contributed by atoms with van der Waals surface area (Å²) in [4.78, 5) is -0.574. The lowest BCUT2D eigenvalue weighted by Gasteiger charge is -2.13. The molecule has 0 spiro atoms. The number of alkyl halides is 1. The zero-order chi connectivity index (χ0) is 14.2. The summed E-state index contributed by atoms with van der Waals surface area (Å²) >= 11 is 11.5. The standard InChI is InChI=1S/C12H7Br3F2OS/c1-18-5-2-7(16)10(8(17)3-5)11(14)6-4-9(13)19-12(6)15/h2-4,11H,1H3. The van der Waals surface area contributed by atoms with Gasteiger partial charge in [-0.2, -0.15) is 0 Å². The monoisotopic (exact) mass is 474 g/mol. The highest BCUT2D eigenvalue weighted by molar-refractivity contribution is 9.12. The molecule has 0 radical (unpaired) electrons. The highest BCUT2D eigenvalue weighted by Crippen LogP contribution is 2.43. The zero-order valence-corrected chi connectivity index (χ0v) is 15.1. The normalized spacial score (nSPS) is 12.5. The summed E-state index contributed by atoms with van der Waals surface area (Å²) in [6.07, 6.45) is 0. The number of thiophene rings is 1. The van der Waals surface area contributed by atoms with Gasteiger partial charge in [-0.3, -0.25) is 0 Å². The van der Waals surface area contributed by atoms with E-state index in [-0.39, 0.29) is 11.3 Å². The van der Waals surface area contributed by atoms with Crippen molar-refractivity contribution in [3.63, 3.8) is 0 Å². The van der Waals surface area contributed by atoms with Crippen molar-refractivity contribution in [1.82, 2.24) is 0 Å².